The number of carbonyl (C=O) groups is 1. The van der Waals surface area contributed by atoms with Crippen molar-refractivity contribution in [3.63, 3.8) is 0 Å². The van der Waals surface area contributed by atoms with Gasteiger partial charge in [-0.2, -0.15) is 13.2 Å². The molecule has 104 valence electrons. The van der Waals surface area contributed by atoms with Crippen molar-refractivity contribution in [2.45, 2.75) is 37.8 Å². The molecule has 0 spiro atoms. The van der Waals surface area contributed by atoms with E-state index in [9.17, 15) is 18.0 Å². The van der Waals surface area contributed by atoms with E-state index in [-0.39, 0.29) is 11.7 Å². The van der Waals surface area contributed by atoms with Crippen molar-refractivity contribution in [1.82, 2.24) is 4.98 Å². The Labute approximate surface area is 117 Å². The zero-order valence-electron chi connectivity index (χ0n) is 10.1. The monoisotopic (exact) mass is 335 g/mol. The Morgan fingerprint density at radius 1 is 1.42 bits per heavy atom. The molecule has 1 aromatic heterocycles. The number of nitrogens with zero attached hydrogens (tertiary/aromatic N) is 1. The van der Waals surface area contributed by atoms with Crippen LogP contribution in [0.4, 0.5) is 13.2 Å². The molecule has 2 rings (SSSR count). The largest absolute Gasteiger partial charge is 0.389 e. The lowest BCUT2D eigenvalue weighted by Gasteiger charge is -2.16. The average Bonchev–Trinajstić information content (AvgIpc) is 3.13. The van der Waals surface area contributed by atoms with Gasteiger partial charge in [-0.15, -0.1) is 0 Å². The molecule has 1 atom stereocenters. The molecule has 2 nitrogen and oxygen atoms in total. The molecular formula is C13H13BrF3NO. The zero-order valence-corrected chi connectivity index (χ0v) is 11.7. The lowest BCUT2D eigenvalue weighted by Crippen LogP contribution is -2.18. The van der Waals surface area contributed by atoms with Crippen LogP contribution in [0.3, 0.4) is 0 Å². The Morgan fingerprint density at radius 3 is 2.58 bits per heavy atom. The molecule has 0 N–H and O–H groups in total. The average molecular weight is 336 g/mol. The summed E-state index contributed by atoms with van der Waals surface area (Å²) in [6.45, 7) is 0. The van der Waals surface area contributed by atoms with E-state index in [0.29, 0.717) is 4.60 Å². The maximum atomic E-state index is 12.2. The summed E-state index contributed by atoms with van der Waals surface area (Å²) in [5.74, 6) is -0.574. The summed E-state index contributed by atoms with van der Waals surface area (Å²) in [6.07, 6.45) is -2.39. The first-order valence-electron chi connectivity index (χ1n) is 6.08. The van der Waals surface area contributed by atoms with E-state index in [1.54, 1.807) is 18.3 Å². The number of carbonyl (C=O) groups excluding carboxylic acids is 1. The van der Waals surface area contributed by atoms with Crippen LogP contribution in [0.25, 0.3) is 0 Å². The Morgan fingerprint density at radius 2 is 2.11 bits per heavy atom. The lowest BCUT2D eigenvalue weighted by molar-refractivity contribution is -0.144. The number of alkyl halides is 3. The number of pyridine rings is 1. The summed E-state index contributed by atoms with van der Waals surface area (Å²) in [5, 5.41) is 0. The summed E-state index contributed by atoms with van der Waals surface area (Å²) in [6, 6.07) is 3.47. The van der Waals surface area contributed by atoms with Gasteiger partial charge < -0.3 is 0 Å². The summed E-state index contributed by atoms with van der Waals surface area (Å²) < 4.78 is 37.2. The Bertz CT molecular complexity index is 454. The second-order valence-electron chi connectivity index (χ2n) is 4.81. The van der Waals surface area contributed by atoms with Gasteiger partial charge in [0.15, 0.2) is 0 Å². The summed E-state index contributed by atoms with van der Waals surface area (Å²) in [7, 11) is 0. The standard InChI is InChI=1S/C13H13BrF3NO/c14-11-4-3-9(7-18-11)12(8-1-2-8)10(19)5-6-13(15,16)17/h3-4,7-8,12H,1-2,5-6H2. The third kappa shape index (κ3) is 4.30. The van der Waals surface area contributed by atoms with Gasteiger partial charge in [0.05, 0.1) is 6.42 Å². The van der Waals surface area contributed by atoms with Gasteiger partial charge in [0.2, 0.25) is 0 Å². The molecule has 0 amide bonds. The van der Waals surface area contributed by atoms with Gasteiger partial charge in [-0.05, 0) is 46.3 Å². The van der Waals surface area contributed by atoms with E-state index in [2.05, 4.69) is 20.9 Å². The fourth-order valence-electron chi connectivity index (χ4n) is 2.14. The van der Waals surface area contributed by atoms with Crippen LogP contribution in [0.2, 0.25) is 0 Å². The Kier molecular flexibility index (Phi) is 4.28. The minimum Gasteiger partial charge on any atom is -0.299 e. The molecule has 1 heterocycles. The van der Waals surface area contributed by atoms with Crippen molar-refractivity contribution in [2.75, 3.05) is 0 Å². The van der Waals surface area contributed by atoms with Gasteiger partial charge in [-0.3, -0.25) is 4.79 Å². The third-order valence-corrected chi connectivity index (χ3v) is 3.67. The van der Waals surface area contributed by atoms with Crippen LogP contribution in [0, 0.1) is 5.92 Å². The van der Waals surface area contributed by atoms with Crippen LogP contribution in [-0.4, -0.2) is 16.9 Å². The first-order chi connectivity index (χ1) is 8.87. The Balaban J connectivity index is 2.07. The molecule has 1 aliphatic carbocycles. The smallest absolute Gasteiger partial charge is 0.299 e. The number of aromatic nitrogens is 1. The van der Waals surface area contributed by atoms with Crippen LogP contribution >= 0.6 is 15.9 Å². The predicted octanol–water partition coefficient (Wildman–Crippen LogP) is 4.25. The maximum Gasteiger partial charge on any atom is 0.389 e. The highest BCUT2D eigenvalue weighted by Gasteiger charge is 2.38. The SMILES string of the molecule is O=C(CCC(F)(F)F)C(c1ccc(Br)nc1)C1CC1. The van der Waals surface area contributed by atoms with E-state index in [1.807, 2.05) is 0 Å². The fraction of sp³-hybridized carbons (Fsp3) is 0.538. The first kappa shape index (κ1) is 14.5. The summed E-state index contributed by atoms with van der Waals surface area (Å²) >= 11 is 3.20. The molecule has 0 saturated heterocycles. The topological polar surface area (TPSA) is 30.0 Å². The molecule has 0 bridgehead atoms. The molecule has 0 radical (unpaired) electrons. The second kappa shape index (κ2) is 5.61. The molecule has 1 fully saturated rings. The molecule has 0 aliphatic heterocycles. The van der Waals surface area contributed by atoms with E-state index < -0.39 is 24.9 Å². The molecule has 1 saturated carbocycles. The summed E-state index contributed by atoms with van der Waals surface area (Å²) in [4.78, 5) is 16.1. The van der Waals surface area contributed by atoms with Crippen LogP contribution in [0.15, 0.2) is 22.9 Å². The highest BCUT2D eigenvalue weighted by molar-refractivity contribution is 9.10. The van der Waals surface area contributed by atoms with Gasteiger partial charge in [0.25, 0.3) is 0 Å². The van der Waals surface area contributed by atoms with Crippen LogP contribution in [0.1, 0.15) is 37.2 Å². The Hall–Kier alpha value is -0.910. The normalized spacial score (nSPS) is 17.3. The lowest BCUT2D eigenvalue weighted by atomic mass is 9.89. The molecule has 0 aromatic carbocycles. The van der Waals surface area contributed by atoms with Crippen LogP contribution in [0.5, 0.6) is 0 Å². The molecule has 19 heavy (non-hydrogen) atoms. The van der Waals surface area contributed by atoms with E-state index in [0.717, 1.165) is 18.4 Å². The fourth-order valence-corrected chi connectivity index (χ4v) is 2.38. The van der Waals surface area contributed by atoms with Crippen molar-refractivity contribution < 1.29 is 18.0 Å². The van der Waals surface area contributed by atoms with Gasteiger partial charge in [-0.25, -0.2) is 4.98 Å². The quantitative estimate of drug-likeness (QED) is 0.753. The van der Waals surface area contributed by atoms with E-state index >= 15 is 0 Å². The van der Waals surface area contributed by atoms with Crippen LogP contribution in [-0.2, 0) is 4.79 Å². The van der Waals surface area contributed by atoms with Crippen molar-refractivity contribution in [3.8, 4) is 0 Å². The zero-order chi connectivity index (χ0) is 14.0. The number of rotatable bonds is 5. The molecule has 1 aliphatic rings. The van der Waals surface area contributed by atoms with Gasteiger partial charge >= 0.3 is 6.18 Å². The van der Waals surface area contributed by atoms with Crippen molar-refractivity contribution in [1.29, 1.82) is 0 Å². The highest BCUT2D eigenvalue weighted by atomic mass is 79.9. The van der Waals surface area contributed by atoms with Gasteiger partial charge in [0.1, 0.15) is 10.4 Å². The molecule has 1 aromatic rings. The second-order valence-corrected chi connectivity index (χ2v) is 5.62. The molecule has 1 unspecified atom stereocenters. The van der Waals surface area contributed by atoms with Crippen LogP contribution < -0.4 is 0 Å². The minimum atomic E-state index is -4.28. The molecule has 6 heteroatoms. The highest BCUT2D eigenvalue weighted by Crippen LogP contribution is 2.44. The third-order valence-electron chi connectivity index (χ3n) is 3.20. The number of hydrogen-bond acceptors (Lipinski definition) is 2. The van der Waals surface area contributed by atoms with Gasteiger partial charge in [0, 0.05) is 18.5 Å². The number of Topliss-reactive ketones (excluding diaryl/α,β-unsaturated/α-hetero) is 1. The molecular weight excluding hydrogens is 323 g/mol. The van der Waals surface area contributed by atoms with E-state index in [1.165, 1.54) is 0 Å². The maximum absolute atomic E-state index is 12.2. The first-order valence-corrected chi connectivity index (χ1v) is 6.87. The predicted molar refractivity (Wildman–Crippen MR) is 67.7 cm³/mol. The number of hydrogen-bond donors (Lipinski definition) is 0. The van der Waals surface area contributed by atoms with Crippen molar-refractivity contribution in [2.24, 2.45) is 5.92 Å². The van der Waals surface area contributed by atoms with Gasteiger partial charge in [-0.1, -0.05) is 6.07 Å². The van der Waals surface area contributed by atoms with Crippen molar-refractivity contribution >= 4 is 21.7 Å². The van der Waals surface area contributed by atoms with E-state index in [4.69, 9.17) is 0 Å². The minimum absolute atomic E-state index is 0.184. The number of halogens is 4. The summed E-state index contributed by atoms with van der Waals surface area (Å²) in [5.41, 5.74) is 0.720. The number of ketones is 1. The van der Waals surface area contributed by atoms with Crippen molar-refractivity contribution in [3.05, 3.63) is 28.5 Å².